The number of hydrogen-bond donors (Lipinski definition) is 1. The maximum absolute atomic E-state index is 4.42. The Kier molecular flexibility index (Phi) is 5.76. The Bertz CT molecular complexity index is 805. The molecule has 0 unspecified atom stereocenters. The van der Waals surface area contributed by atoms with Gasteiger partial charge in [-0.05, 0) is 42.4 Å². The van der Waals surface area contributed by atoms with Crippen LogP contribution < -0.4 is 5.32 Å². The second-order valence-corrected chi connectivity index (χ2v) is 6.56. The van der Waals surface area contributed by atoms with Crippen molar-refractivity contribution in [3.05, 3.63) is 65.5 Å². The van der Waals surface area contributed by atoms with E-state index in [2.05, 4.69) is 64.3 Å². The summed E-state index contributed by atoms with van der Waals surface area (Å²) in [6.45, 7) is 5.03. The average molecular weight is 353 g/mol. The van der Waals surface area contributed by atoms with Crippen molar-refractivity contribution in [1.29, 1.82) is 0 Å². The molecule has 4 nitrogen and oxygen atoms in total. The molecule has 0 atom stereocenters. The first-order chi connectivity index (χ1) is 12.3. The van der Waals surface area contributed by atoms with E-state index >= 15 is 0 Å². The molecule has 3 aromatic rings. The van der Waals surface area contributed by atoms with Crippen LogP contribution >= 0.6 is 11.8 Å². The molecule has 0 fully saturated rings. The van der Waals surface area contributed by atoms with Gasteiger partial charge >= 0.3 is 0 Å². The molecule has 0 saturated carbocycles. The van der Waals surface area contributed by atoms with Gasteiger partial charge in [-0.15, -0.1) is 10.2 Å². The minimum Gasteiger partial charge on any atom is -0.377 e. The number of aromatic nitrogens is 3. The summed E-state index contributed by atoms with van der Waals surface area (Å²) in [5.41, 5.74) is 5.01. The van der Waals surface area contributed by atoms with E-state index in [4.69, 9.17) is 0 Å². The van der Waals surface area contributed by atoms with Gasteiger partial charge in [0.2, 0.25) is 0 Å². The lowest BCUT2D eigenvalue weighted by molar-refractivity contribution is 0.840. The smallest absolute Gasteiger partial charge is 0.195 e. The third-order valence-electron chi connectivity index (χ3n) is 4.32. The summed E-state index contributed by atoms with van der Waals surface area (Å²) in [6.07, 6.45) is 4.05. The largest absolute Gasteiger partial charge is 0.377 e. The summed E-state index contributed by atoms with van der Waals surface area (Å²) in [5, 5.41) is 13.3. The number of aryl methyl sites for hydroxylation is 2. The third kappa shape index (κ3) is 3.71. The van der Waals surface area contributed by atoms with E-state index < -0.39 is 0 Å². The predicted molar refractivity (Wildman–Crippen MR) is 106 cm³/mol. The van der Waals surface area contributed by atoms with Crippen LogP contribution in [0.3, 0.4) is 0 Å². The van der Waals surface area contributed by atoms with Gasteiger partial charge in [-0.2, -0.15) is 0 Å². The summed E-state index contributed by atoms with van der Waals surface area (Å²) < 4.78 is 2.12. The quantitative estimate of drug-likeness (QED) is 0.625. The van der Waals surface area contributed by atoms with Crippen LogP contribution in [0, 0.1) is 0 Å². The van der Waals surface area contributed by atoms with Crippen LogP contribution in [0.1, 0.15) is 30.8 Å². The number of rotatable bonds is 7. The summed E-state index contributed by atoms with van der Waals surface area (Å²) in [6, 6.07) is 16.8. The molecule has 5 heteroatoms. The van der Waals surface area contributed by atoms with Gasteiger partial charge in [0.1, 0.15) is 0 Å². The highest BCUT2D eigenvalue weighted by Crippen LogP contribution is 2.25. The van der Waals surface area contributed by atoms with Crippen LogP contribution in [-0.4, -0.2) is 21.0 Å². The van der Waals surface area contributed by atoms with Crippen molar-refractivity contribution >= 4 is 17.4 Å². The second-order valence-electron chi connectivity index (χ2n) is 5.79. The van der Waals surface area contributed by atoms with Gasteiger partial charge in [0.25, 0.3) is 0 Å². The first-order valence-corrected chi connectivity index (χ1v) is 9.89. The molecule has 2 aromatic carbocycles. The minimum absolute atomic E-state index is 0.645. The van der Waals surface area contributed by atoms with E-state index in [0.29, 0.717) is 6.54 Å². The van der Waals surface area contributed by atoms with Crippen LogP contribution in [0.5, 0.6) is 0 Å². The molecule has 1 heterocycles. The zero-order valence-electron chi connectivity index (χ0n) is 15.0. The summed E-state index contributed by atoms with van der Waals surface area (Å²) in [7, 11) is 0. The van der Waals surface area contributed by atoms with Crippen LogP contribution in [0.25, 0.3) is 5.69 Å². The Morgan fingerprint density at radius 2 is 1.60 bits per heavy atom. The standard InChI is InChI=1S/C20H24N4S/c1-4-15-10-9-11-16(5-2)19(15)21-14-18-22-23-20(25-3)24(18)17-12-7-6-8-13-17/h6-13,21H,4-5,14H2,1-3H3. The lowest BCUT2D eigenvalue weighted by atomic mass is 10.0. The highest BCUT2D eigenvalue weighted by molar-refractivity contribution is 7.98. The van der Waals surface area contributed by atoms with Gasteiger partial charge < -0.3 is 5.32 Å². The Labute approximate surface area is 153 Å². The Morgan fingerprint density at radius 1 is 0.920 bits per heavy atom. The second kappa shape index (κ2) is 8.21. The highest BCUT2D eigenvalue weighted by Gasteiger charge is 2.14. The van der Waals surface area contributed by atoms with Crippen LogP contribution in [-0.2, 0) is 19.4 Å². The summed E-state index contributed by atoms with van der Waals surface area (Å²) >= 11 is 1.61. The van der Waals surface area contributed by atoms with Gasteiger partial charge in [-0.25, -0.2) is 0 Å². The van der Waals surface area contributed by atoms with Gasteiger partial charge in [-0.3, -0.25) is 4.57 Å². The molecule has 0 aliphatic carbocycles. The number of hydrogen-bond acceptors (Lipinski definition) is 4. The van der Waals surface area contributed by atoms with Crippen molar-refractivity contribution in [2.24, 2.45) is 0 Å². The number of para-hydroxylation sites is 2. The summed E-state index contributed by atoms with van der Waals surface area (Å²) in [5.74, 6) is 0.920. The molecule has 0 aliphatic heterocycles. The van der Waals surface area contributed by atoms with Crippen molar-refractivity contribution in [1.82, 2.24) is 14.8 Å². The van der Waals surface area contributed by atoms with E-state index in [0.717, 1.165) is 29.5 Å². The maximum Gasteiger partial charge on any atom is 0.195 e. The summed E-state index contributed by atoms with van der Waals surface area (Å²) in [4.78, 5) is 0. The van der Waals surface area contributed by atoms with Gasteiger partial charge in [0, 0.05) is 11.4 Å². The van der Waals surface area contributed by atoms with Crippen molar-refractivity contribution in [2.75, 3.05) is 11.6 Å². The zero-order chi connectivity index (χ0) is 17.6. The number of benzene rings is 2. The minimum atomic E-state index is 0.645. The lowest BCUT2D eigenvalue weighted by Gasteiger charge is -2.16. The fourth-order valence-electron chi connectivity index (χ4n) is 3.02. The monoisotopic (exact) mass is 352 g/mol. The molecular formula is C20H24N4S. The van der Waals surface area contributed by atoms with Crippen LogP contribution in [0.15, 0.2) is 53.7 Å². The number of nitrogens with one attached hydrogen (secondary N) is 1. The Balaban J connectivity index is 1.92. The molecule has 0 amide bonds. The van der Waals surface area contributed by atoms with Crippen molar-refractivity contribution in [3.63, 3.8) is 0 Å². The third-order valence-corrected chi connectivity index (χ3v) is 4.95. The van der Waals surface area contributed by atoms with Gasteiger partial charge in [-0.1, -0.05) is 62.0 Å². The lowest BCUT2D eigenvalue weighted by Crippen LogP contribution is -2.10. The van der Waals surface area contributed by atoms with E-state index in [1.807, 2.05) is 24.5 Å². The number of thioether (sulfide) groups is 1. The molecular weight excluding hydrogens is 328 g/mol. The first-order valence-electron chi connectivity index (χ1n) is 8.66. The predicted octanol–water partition coefficient (Wildman–Crippen LogP) is 4.73. The molecule has 130 valence electrons. The molecule has 0 spiro atoms. The molecule has 0 aliphatic rings. The molecule has 1 aromatic heterocycles. The first kappa shape index (κ1) is 17.5. The van der Waals surface area contributed by atoms with Crippen LogP contribution in [0.4, 0.5) is 5.69 Å². The normalized spacial score (nSPS) is 10.8. The maximum atomic E-state index is 4.42. The highest BCUT2D eigenvalue weighted by atomic mass is 32.2. The van der Waals surface area contributed by atoms with Gasteiger partial charge in [0.15, 0.2) is 11.0 Å². The van der Waals surface area contributed by atoms with Crippen LogP contribution in [0.2, 0.25) is 0 Å². The fourth-order valence-corrected chi connectivity index (χ4v) is 3.54. The van der Waals surface area contributed by atoms with E-state index in [1.54, 1.807) is 11.8 Å². The Hall–Kier alpha value is -2.27. The van der Waals surface area contributed by atoms with E-state index in [1.165, 1.54) is 16.8 Å². The molecule has 0 bridgehead atoms. The molecule has 25 heavy (non-hydrogen) atoms. The number of nitrogens with zero attached hydrogens (tertiary/aromatic N) is 3. The zero-order valence-corrected chi connectivity index (χ0v) is 15.8. The van der Waals surface area contributed by atoms with E-state index in [-0.39, 0.29) is 0 Å². The fraction of sp³-hybridized carbons (Fsp3) is 0.300. The Morgan fingerprint density at radius 3 is 2.20 bits per heavy atom. The molecule has 0 radical (unpaired) electrons. The molecule has 3 rings (SSSR count). The SMILES string of the molecule is CCc1cccc(CC)c1NCc1nnc(SC)n1-c1ccccc1. The molecule has 1 N–H and O–H groups in total. The van der Waals surface area contributed by atoms with Crippen molar-refractivity contribution in [3.8, 4) is 5.69 Å². The molecule has 0 saturated heterocycles. The van der Waals surface area contributed by atoms with Gasteiger partial charge in [0.05, 0.1) is 6.54 Å². The average Bonchev–Trinajstić information content (AvgIpc) is 3.09. The van der Waals surface area contributed by atoms with Crippen molar-refractivity contribution in [2.45, 2.75) is 38.4 Å². The van der Waals surface area contributed by atoms with E-state index in [9.17, 15) is 0 Å². The number of anilines is 1. The topological polar surface area (TPSA) is 42.7 Å². The van der Waals surface area contributed by atoms with Crippen molar-refractivity contribution < 1.29 is 0 Å².